The number of aryl methyl sites for hydroxylation is 1. The predicted octanol–water partition coefficient (Wildman–Crippen LogP) is 2.98. The highest BCUT2D eigenvalue weighted by Gasteiger charge is 2.23. The molecule has 0 fully saturated rings. The summed E-state index contributed by atoms with van der Waals surface area (Å²) in [5.41, 5.74) is 1.41. The van der Waals surface area contributed by atoms with Crippen LogP contribution in [0.4, 0.5) is 8.78 Å². The van der Waals surface area contributed by atoms with Gasteiger partial charge in [-0.2, -0.15) is 19.0 Å². The summed E-state index contributed by atoms with van der Waals surface area (Å²) in [6.07, 6.45) is 1.38. The predicted molar refractivity (Wildman–Crippen MR) is 89.4 cm³/mol. The van der Waals surface area contributed by atoms with Crippen LogP contribution in [0.25, 0.3) is 0 Å². The van der Waals surface area contributed by atoms with Crippen molar-refractivity contribution in [3.8, 4) is 0 Å². The number of nitrogens with zero attached hydrogens (tertiary/aromatic N) is 4. The van der Waals surface area contributed by atoms with E-state index in [2.05, 4.69) is 14.9 Å². The number of halogens is 3. The maximum atomic E-state index is 12.7. The fourth-order valence-corrected chi connectivity index (χ4v) is 3.88. The van der Waals surface area contributed by atoms with E-state index in [0.29, 0.717) is 21.8 Å². The van der Waals surface area contributed by atoms with Crippen LogP contribution >= 0.6 is 11.6 Å². The largest absolute Gasteiger partial charge is 0.333 e. The molecule has 0 aliphatic carbocycles. The van der Waals surface area contributed by atoms with E-state index in [4.69, 9.17) is 11.6 Å². The van der Waals surface area contributed by atoms with Gasteiger partial charge in [-0.1, -0.05) is 11.6 Å². The summed E-state index contributed by atoms with van der Waals surface area (Å²) in [5, 5.41) is 8.33. The lowest BCUT2D eigenvalue weighted by Gasteiger charge is -2.15. The van der Waals surface area contributed by atoms with Crippen molar-refractivity contribution in [1.29, 1.82) is 0 Å². The van der Waals surface area contributed by atoms with E-state index in [-0.39, 0.29) is 23.2 Å². The number of sulfonamides is 1. The summed E-state index contributed by atoms with van der Waals surface area (Å²) >= 11 is 6.11. The second-order valence-electron chi connectivity index (χ2n) is 5.78. The molecule has 0 unspecified atom stereocenters. The summed E-state index contributed by atoms with van der Waals surface area (Å²) in [6.45, 7) is 4.05. The Hall–Kier alpha value is -1.52. The Bertz CT molecular complexity index is 863. The number of alkyl halides is 2. The molecule has 0 amide bonds. The van der Waals surface area contributed by atoms with Crippen molar-refractivity contribution < 1.29 is 17.2 Å². The minimum atomic E-state index is -3.92. The van der Waals surface area contributed by atoms with Gasteiger partial charge in [0.25, 0.3) is 0 Å². The quantitative estimate of drug-likeness (QED) is 0.781. The molecule has 2 rings (SSSR count). The number of nitrogens with one attached hydrogen (secondary N) is 1. The lowest BCUT2D eigenvalue weighted by atomic mass is 10.2. The molecule has 0 spiro atoms. The van der Waals surface area contributed by atoms with E-state index in [0.717, 1.165) is 11.9 Å². The molecule has 0 saturated heterocycles. The van der Waals surface area contributed by atoms with Crippen molar-refractivity contribution in [2.75, 3.05) is 6.54 Å². The van der Waals surface area contributed by atoms with Crippen LogP contribution in [-0.2, 0) is 10.0 Å². The number of hydrogen-bond acceptors (Lipinski definition) is 4. The third-order valence-electron chi connectivity index (χ3n) is 3.98. The molecule has 1 atom stereocenters. The van der Waals surface area contributed by atoms with Gasteiger partial charge in [0, 0.05) is 6.54 Å². The Balaban J connectivity index is 2.04. The van der Waals surface area contributed by atoms with E-state index in [1.807, 2.05) is 13.8 Å². The molecule has 0 aliphatic rings. The van der Waals surface area contributed by atoms with Gasteiger partial charge in [0.15, 0.2) is 0 Å². The monoisotopic (exact) mass is 395 g/mol. The van der Waals surface area contributed by atoms with Crippen LogP contribution in [0.5, 0.6) is 0 Å². The summed E-state index contributed by atoms with van der Waals surface area (Å²) in [4.78, 5) is -0.255. The van der Waals surface area contributed by atoms with Gasteiger partial charge in [0.05, 0.1) is 34.3 Å². The Morgan fingerprint density at radius 3 is 2.36 bits per heavy atom. The summed E-state index contributed by atoms with van der Waals surface area (Å²) in [5.74, 6) is 0. The van der Waals surface area contributed by atoms with Gasteiger partial charge in [-0.3, -0.25) is 4.68 Å². The first-order valence-corrected chi connectivity index (χ1v) is 9.45. The fourth-order valence-electron chi connectivity index (χ4n) is 2.54. The highest BCUT2D eigenvalue weighted by molar-refractivity contribution is 7.89. The van der Waals surface area contributed by atoms with E-state index in [9.17, 15) is 17.2 Å². The fraction of sp³-hybridized carbons (Fsp3) is 0.571. The molecule has 140 valence electrons. The SMILES string of the molecule is Cc1nn([C@@H](C)CCNS(=O)(=O)c2cnn(C(F)F)c2C)c(C)c1Cl. The first-order chi connectivity index (χ1) is 11.6. The highest BCUT2D eigenvalue weighted by Crippen LogP contribution is 2.24. The number of hydrogen-bond donors (Lipinski definition) is 1. The van der Waals surface area contributed by atoms with Gasteiger partial charge in [-0.25, -0.2) is 17.8 Å². The van der Waals surface area contributed by atoms with E-state index in [1.165, 1.54) is 6.92 Å². The molecule has 7 nitrogen and oxygen atoms in total. The minimum absolute atomic E-state index is 0.0845. The summed E-state index contributed by atoms with van der Waals surface area (Å²) in [6, 6.07) is -0.0845. The molecule has 2 aromatic heterocycles. The van der Waals surface area contributed by atoms with Crippen molar-refractivity contribution >= 4 is 21.6 Å². The van der Waals surface area contributed by atoms with Gasteiger partial charge >= 0.3 is 6.55 Å². The van der Waals surface area contributed by atoms with Crippen molar-refractivity contribution in [3.63, 3.8) is 0 Å². The third kappa shape index (κ3) is 4.01. The molecule has 25 heavy (non-hydrogen) atoms. The first kappa shape index (κ1) is 19.8. The van der Waals surface area contributed by atoms with Crippen LogP contribution in [0.3, 0.4) is 0 Å². The van der Waals surface area contributed by atoms with Crippen molar-refractivity contribution in [2.45, 2.75) is 51.6 Å². The van der Waals surface area contributed by atoms with Crippen LogP contribution < -0.4 is 4.72 Å². The Labute approximate surface area is 150 Å². The van der Waals surface area contributed by atoms with Crippen LogP contribution in [0, 0.1) is 20.8 Å². The van der Waals surface area contributed by atoms with Crippen LogP contribution in [0.1, 0.15) is 43.0 Å². The molecule has 1 N–H and O–H groups in total. The number of rotatable bonds is 7. The van der Waals surface area contributed by atoms with Gasteiger partial charge < -0.3 is 0 Å². The van der Waals surface area contributed by atoms with Gasteiger partial charge in [-0.05, 0) is 34.1 Å². The molecule has 0 saturated carbocycles. The van der Waals surface area contributed by atoms with Crippen molar-refractivity contribution in [1.82, 2.24) is 24.3 Å². The molecular formula is C14H20ClF2N5O2S. The first-order valence-electron chi connectivity index (χ1n) is 7.59. The molecule has 0 bridgehead atoms. The minimum Gasteiger partial charge on any atom is -0.265 e. The molecule has 0 aliphatic heterocycles. The van der Waals surface area contributed by atoms with Gasteiger partial charge in [0.1, 0.15) is 4.90 Å². The normalized spacial score (nSPS) is 13.6. The van der Waals surface area contributed by atoms with Gasteiger partial charge in [-0.15, -0.1) is 0 Å². The second kappa shape index (κ2) is 7.38. The Morgan fingerprint density at radius 1 is 1.24 bits per heavy atom. The lowest BCUT2D eigenvalue weighted by molar-refractivity contribution is 0.0541. The zero-order chi connectivity index (χ0) is 18.9. The zero-order valence-electron chi connectivity index (χ0n) is 14.3. The number of aromatic nitrogens is 4. The zero-order valence-corrected chi connectivity index (χ0v) is 15.9. The van der Waals surface area contributed by atoms with E-state index >= 15 is 0 Å². The standard InChI is InChI=1S/C14H20ClF2N5O2S/c1-8(21-11(4)13(15)9(2)20-21)5-6-19-25(23,24)12-7-18-22(10(12)3)14(16)17/h7-8,14,19H,5-6H2,1-4H3/t8-/m0/s1. The lowest BCUT2D eigenvalue weighted by Crippen LogP contribution is -2.27. The summed E-state index contributed by atoms with van der Waals surface area (Å²) in [7, 11) is -3.92. The Kier molecular flexibility index (Phi) is 5.85. The molecule has 0 aromatic carbocycles. The molecule has 2 aromatic rings. The average molecular weight is 396 g/mol. The van der Waals surface area contributed by atoms with Crippen molar-refractivity contribution in [2.24, 2.45) is 0 Å². The second-order valence-corrected chi connectivity index (χ2v) is 7.89. The maximum absolute atomic E-state index is 12.7. The smallest absolute Gasteiger partial charge is 0.265 e. The van der Waals surface area contributed by atoms with Gasteiger partial charge in [0.2, 0.25) is 10.0 Å². The molecule has 2 heterocycles. The van der Waals surface area contributed by atoms with E-state index < -0.39 is 16.6 Å². The van der Waals surface area contributed by atoms with E-state index in [1.54, 1.807) is 11.6 Å². The average Bonchev–Trinajstić information content (AvgIpc) is 3.03. The summed E-state index contributed by atoms with van der Waals surface area (Å²) < 4.78 is 54.5. The maximum Gasteiger partial charge on any atom is 0.333 e. The molecule has 11 heteroatoms. The van der Waals surface area contributed by atoms with Crippen molar-refractivity contribution in [3.05, 3.63) is 28.3 Å². The van der Waals surface area contributed by atoms with Crippen LogP contribution in [0.15, 0.2) is 11.1 Å². The highest BCUT2D eigenvalue weighted by atomic mass is 35.5. The third-order valence-corrected chi connectivity index (χ3v) is 6.09. The van der Waals surface area contributed by atoms with Crippen LogP contribution in [-0.4, -0.2) is 34.5 Å². The Morgan fingerprint density at radius 2 is 1.88 bits per heavy atom. The molecular weight excluding hydrogens is 376 g/mol. The molecule has 0 radical (unpaired) electrons. The topological polar surface area (TPSA) is 81.8 Å². The van der Waals surface area contributed by atoms with Crippen LogP contribution in [0.2, 0.25) is 5.02 Å².